The van der Waals surface area contributed by atoms with E-state index in [2.05, 4.69) is 4.98 Å². The van der Waals surface area contributed by atoms with Crippen molar-refractivity contribution in [2.24, 2.45) is 5.92 Å². The quantitative estimate of drug-likeness (QED) is 0.815. The van der Waals surface area contributed by atoms with Crippen LogP contribution in [0, 0.1) is 5.92 Å². The Hall–Kier alpha value is -0.930. The Morgan fingerprint density at radius 1 is 1.60 bits per heavy atom. The Morgan fingerprint density at radius 2 is 2.47 bits per heavy atom. The molecule has 1 aromatic rings. The Balaban J connectivity index is 2.03. The lowest BCUT2D eigenvalue weighted by molar-refractivity contribution is -0.00529. The molecule has 2 unspecified atom stereocenters. The van der Waals surface area contributed by atoms with Gasteiger partial charge in [-0.15, -0.1) is 0 Å². The molecule has 2 rings (SSSR count). The zero-order valence-corrected chi connectivity index (χ0v) is 9.02. The van der Waals surface area contributed by atoms with Crippen molar-refractivity contribution in [3.05, 3.63) is 30.1 Å². The van der Waals surface area contributed by atoms with Gasteiger partial charge < -0.3 is 9.84 Å². The molecule has 1 aliphatic heterocycles. The summed E-state index contributed by atoms with van der Waals surface area (Å²) in [5, 5.41) is 10.3. The third-order valence-electron chi connectivity index (χ3n) is 3.07. The van der Waals surface area contributed by atoms with Crippen molar-refractivity contribution in [3.63, 3.8) is 0 Å². The maximum Gasteiger partial charge on any atom is 0.0725 e. The molecule has 0 bridgehead atoms. The van der Waals surface area contributed by atoms with Crippen molar-refractivity contribution in [1.82, 2.24) is 4.98 Å². The number of rotatable bonds is 3. The Kier molecular flexibility index (Phi) is 3.03. The Morgan fingerprint density at radius 3 is 3.07 bits per heavy atom. The molecule has 3 heteroatoms. The largest absolute Gasteiger partial charge is 0.389 e. The molecule has 3 nitrogen and oxygen atoms in total. The average molecular weight is 207 g/mol. The lowest BCUT2D eigenvalue weighted by Gasteiger charge is -2.28. The molecule has 1 fully saturated rings. The minimum Gasteiger partial charge on any atom is -0.389 e. The minimum absolute atomic E-state index is 0.236. The smallest absolute Gasteiger partial charge is 0.0725 e. The van der Waals surface area contributed by atoms with Crippen molar-refractivity contribution in [2.75, 3.05) is 13.2 Å². The van der Waals surface area contributed by atoms with Gasteiger partial charge in [-0.05, 0) is 25.5 Å². The first-order chi connectivity index (χ1) is 7.18. The van der Waals surface area contributed by atoms with E-state index in [1.54, 1.807) is 6.20 Å². The van der Waals surface area contributed by atoms with E-state index in [0.717, 1.165) is 18.7 Å². The van der Waals surface area contributed by atoms with Crippen LogP contribution in [0.15, 0.2) is 24.4 Å². The zero-order valence-electron chi connectivity index (χ0n) is 9.02. The van der Waals surface area contributed by atoms with Gasteiger partial charge in [0.1, 0.15) is 0 Å². The number of aliphatic hydroxyl groups is 1. The van der Waals surface area contributed by atoms with Gasteiger partial charge in [-0.2, -0.15) is 0 Å². The molecule has 1 aromatic heterocycles. The summed E-state index contributed by atoms with van der Waals surface area (Å²) in [6, 6.07) is 5.78. The summed E-state index contributed by atoms with van der Waals surface area (Å²) < 4.78 is 5.30. The van der Waals surface area contributed by atoms with Gasteiger partial charge in [0.05, 0.1) is 12.2 Å². The number of hydrogen-bond acceptors (Lipinski definition) is 3. The lowest BCUT2D eigenvalue weighted by Crippen LogP contribution is -2.37. The average Bonchev–Trinajstić information content (AvgIpc) is 2.71. The van der Waals surface area contributed by atoms with Gasteiger partial charge in [0.15, 0.2) is 0 Å². The summed E-state index contributed by atoms with van der Waals surface area (Å²) in [7, 11) is 0. The van der Waals surface area contributed by atoms with Crippen LogP contribution in [0.2, 0.25) is 0 Å². The van der Waals surface area contributed by atoms with Crippen LogP contribution in [0.3, 0.4) is 0 Å². The van der Waals surface area contributed by atoms with E-state index >= 15 is 0 Å². The molecule has 15 heavy (non-hydrogen) atoms. The predicted octanol–water partition coefficient (Wildman–Crippen LogP) is 1.41. The predicted molar refractivity (Wildman–Crippen MR) is 57.5 cm³/mol. The van der Waals surface area contributed by atoms with Gasteiger partial charge >= 0.3 is 0 Å². The van der Waals surface area contributed by atoms with Crippen molar-refractivity contribution in [2.45, 2.75) is 25.4 Å². The van der Waals surface area contributed by atoms with Crippen LogP contribution in [0.5, 0.6) is 0 Å². The summed E-state index contributed by atoms with van der Waals surface area (Å²) in [4.78, 5) is 4.23. The SMILES string of the molecule is CC(O)(Cc1ccccn1)C1CCOC1. The van der Waals surface area contributed by atoms with E-state index in [0.29, 0.717) is 13.0 Å². The van der Waals surface area contributed by atoms with Gasteiger partial charge in [-0.1, -0.05) is 6.07 Å². The first kappa shape index (κ1) is 10.6. The lowest BCUT2D eigenvalue weighted by atomic mass is 9.84. The molecule has 1 saturated heterocycles. The highest BCUT2D eigenvalue weighted by Gasteiger charge is 2.35. The fourth-order valence-electron chi connectivity index (χ4n) is 2.04. The molecular formula is C12H17NO2. The minimum atomic E-state index is -0.704. The molecule has 2 heterocycles. The van der Waals surface area contributed by atoms with Crippen molar-refractivity contribution >= 4 is 0 Å². The maximum absolute atomic E-state index is 10.3. The van der Waals surface area contributed by atoms with Crippen LogP contribution in [-0.2, 0) is 11.2 Å². The highest BCUT2D eigenvalue weighted by molar-refractivity contribution is 5.07. The zero-order chi connectivity index (χ0) is 10.7. The molecule has 82 valence electrons. The van der Waals surface area contributed by atoms with E-state index < -0.39 is 5.60 Å². The van der Waals surface area contributed by atoms with Gasteiger partial charge in [-0.3, -0.25) is 4.98 Å². The molecule has 0 spiro atoms. The summed E-state index contributed by atoms with van der Waals surface area (Å²) in [5.41, 5.74) is 0.236. The van der Waals surface area contributed by atoms with Crippen LogP contribution in [0.25, 0.3) is 0 Å². The van der Waals surface area contributed by atoms with Gasteiger partial charge in [0, 0.05) is 30.8 Å². The van der Waals surface area contributed by atoms with E-state index in [9.17, 15) is 5.11 Å². The fourth-order valence-corrected chi connectivity index (χ4v) is 2.04. The second kappa shape index (κ2) is 4.29. The summed E-state index contributed by atoms with van der Waals surface area (Å²) in [6.07, 6.45) is 3.30. The summed E-state index contributed by atoms with van der Waals surface area (Å²) in [5.74, 6) is 0.236. The molecule has 0 saturated carbocycles. The monoisotopic (exact) mass is 207 g/mol. The fraction of sp³-hybridized carbons (Fsp3) is 0.583. The van der Waals surface area contributed by atoms with Crippen LogP contribution < -0.4 is 0 Å². The van der Waals surface area contributed by atoms with Gasteiger partial charge in [0.25, 0.3) is 0 Å². The number of ether oxygens (including phenoxy) is 1. The van der Waals surface area contributed by atoms with E-state index in [1.165, 1.54) is 0 Å². The van der Waals surface area contributed by atoms with Gasteiger partial charge in [0.2, 0.25) is 0 Å². The highest BCUT2D eigenvalue weighted by Crippen LogP contribution is 2.28. The molecule has 0 amide bonds. The van der Waals surface area contributed by atoms with Gasteiger partial charge in [-0.25, -0.2) is 0 Å². The Labute approximate surface area is 90.1 Å². The van der Waals surface area contributed by atoms with E-state index in [1.807, 2.05) is 25.1 Å². The number of hydrogen-bond donors (Lipinski definition) is 1. The van der Waals surface area contributed by atoms with E-state index in [4.69, 9.17) is 4.74 Å². The standard InChI is InChI=1S/C12H17NO2/c1-12(14,10-5-7-15-9-10)8-11-4-2-3-6-13-11/h2-4,6,10,14H,5,7-9H2,1H3. The number of pyridine rings is 1. The van der Waals surface area contributed by atoms with Crippen LogP contribution >= 0.6 is 0 Å². The second-order valence-electron chi connectivity index (χ2n) is 4.42. The van der Waals surface area contributed by atoms with Crippen molar-refractivity contribution in [1.29, 1.82) is 0 Å². The van der Waals surface area contributed by atoms with Crippen molar-refractivity contribution in [3.8, 4) is 0 Å². The van der Waals surface area contributed by atoms with E-state index in [-0.39, 0.29) is 5.92 Å². The maximum atomic E-state index is 10.3. The van der Waals surface area contributed by atoms with Crippen LogP contribution in [0.1, 0.15) is 19.0 Å². The first-order valence-corrected chi connectivity index (χ1v) is 5.38. The molecular weight excluding hydrogens is 190 g/mol. The summed E-state index contributed by atoms with van der Waals surface area (Å²) >= 11 is 0. The summed E-state index contributed by atoms with van der Waals surface area (Å²) in [6.45, 7) is 3.31. The first-order valence-electron chi connectivity index (χ1n) is 5.38. The van der Waals surface area contributed by atoms with Crippen molar-refractivity contribution < 1.29 is 9.84 Å². The Bertz CT molecular complexity index is 305. The molecule has 1 aliphatic rings. The molecule has 2 atom stereocenters. The van der Waals surface area contributed by atoms with Crippen LogP contribution in [0.4, 0.5) is 0 Å². The molecule has 0 aliphatic carbocycles. The third kappa shape index (κ3) is 2.55. The van der Waals surface area contributed by atoms with Crippen LogP contribution in [-0.4, -0.2) is 28.9 Å². The number of nitrogens with zero attached hydrogens (tertiary/aromatic N) is 1. The topological polar surface area (TPSA) is 42.4 Å². The second-order valence-corrected chi connectivity index (χ2v) is 4.42. The normalized spacial score (nSPS) is 25.1. The number of aromatic nitrogens is 1. The third-order valence-corrected chi connectivity index (χ3v) is 3.07. The molecule has 0 aromatic carbocycles. The molecule has 0 radical (unpaired) electrons. The molecule has 1 N–H and O–H groups in total. The highest BCUT2D eigenvalue weighted by atomic mass is 16.5.